The molecule has 1 fully saturated rings. The van der Waals surface area contributed by atoms with E-state index in [1.165, 1.54) is 0 Å². The number of carboxylic acids is 1. The minimum absolute atomic E-state index is 0.369. The van der Waals surface area contributed by atoms with E-state index in [1.807, 2.05) is 4.90 Å². The van der Waals surface area contributed by atoms with Crippen molar-refractivity contribution in [3.8, 4) is 0 Å². The summed E-state index contributed by atoms with van der Waals surface area (Å²) in [7, 11) is 0. The van der Waals surface area contributed by atoms with Crippen LogP contribution in [0.4, 0.5) is 4.39 Å². The zero-order chi connectivity index (χ0) is 13.6. The zero-order valence-corrected chi connectivity index (χ0v) is 10.7. The quantitative estimate of drug-likeness (QED) is 0.664. The lowest BCUT2D eigenvalue weighted by molar-refractivity contribution is -0.140. The van der Waals surface area contributed by atoms with E-state index in [4.69, 9.17) is 5.11 Å². The van der Waals surface area contributed by atoms with Gasteiger partial charge in [0.2, 0.25) is 6.41 Å². The summed E-state index contributed by atoms with van der Waals surface area (Å²) in [6.07, 6.45) is 2.83. The number of aliphatic carboxylic acids is 1. The standard InChI is InChI=1S/C12H21FN2O3/c1-12(13)5-3-7-15(8-12)6-2-4-10(11(17)18)14-9-16/h9-10H,2-8H2,1H3,(H,14,16)(H,17,18)/t10?,12-/m0/s1. The first-order valence-corrected chi connectivity index (χ1v) is 6.28. The molecule has 0 aromatic rings. The van der Waals surface area contributed by atoms with E-state index in [-0.39, 0.29) is 0 Å². The molecule has 0 aromatic carbocycles. The average molecular weight is 260 g/mol. The molecule has 2 N–H and O–H groups in total. The Balaban J connectivity index is 2.27. The summed E-state index contributed by atoms with van der Waals surface area (Å²) < 4.78 is 13.8. The topological polar surface area (TPSA) is 69.6 Å². The smallest absolute Gasteiger partial charge is 0.326 e. The number of hydrogen-bond acceptors (Lipinski definition) is 3. The van der Waals surface area contributed by atoms with Crippen LogP contribution < -0.4 is 5.32 Å². The number of likely N-dealkylation sites (tertiary alicyclic amines) is 1. The highest BCUT2D eigenvalue weighted by atomic mass is 19.1. The lowest BCUT2D eigenvalue weighted by atomic mass is 9.96. The summed E-state index contributed by atoms with van der Waals surface area (Å²) in [4.78, 5) is 23.0. The van der Waals surface area contributed by atoms with Crippen LogP contribution in [0.25, 0.3) is 0 Å². The van der Waals surface area contributed by atoms with E-state index in [9.17, 15) is 14.0 Å². The number of halogens is 1. The molecule has 0 aromatic heterocycles. The van der Waals surface area contributed by atoms with Crippen LogP contribution in [0.2, 0.25) is 0 Å². The largest absolute Gasteiger partial charge is 0.480 e. The molecule has 2 atom stereocenters. The van der Waals surface area contributed by atoms with Crippen LogP contribution in [-0.2, 0) is 9.59 Å². The number of carboxylic acid groups (broad SMARTS) is 1. The maximum absolute atomic E-state index is 13.8. The maximum Gasteiger partial charge on any atom is 0.326 e. The molecule has 1 amide bonds. The first-order valence-electron chi connectivity index (χ1n) is 6.28. The summed E-state index contributed by atoms with van der Waals surface area (Å²) in [5.41, 5.74) is -1.13. The van der Waals surface area contributed by atoms with Gasteiger partial charge in [-0.1, -0.05) is 0 Å². The molecule has 1 saturated heterocycles. The normalized spacial score (nSPS) is 26.6. The summed E-state index contributed by atoms with van der Waals surface area (Å²) >= 11 is 0. The molecule has 104 valence electrons. The van der Waals surface area contributed by atoms with Gasteiger partial charge in [-0.3, -0.25) is 4.79 Å². The van der Waals surface area contributed by atoms with Crippen LogP contribution in [-0.4, -0.2) is 53.7 Å². The van der Waals surface area contributed by atoms with Gasteiger partial charge in [0.25, 0.3) is 0 Å². The number of nitrogens with one attached hydrogen (secondary N) is 1. The highest BCUT2D eigenvalue weighted by Gasteiger charge is 2.30. The van der Waals surface area contributed by atoms with E-state index >= 15 is 0 Å². The average Bonchev–Trinajstić information content (AvgIpc) is 2.26. The van der Waals surface area contributed by atoms with E-state index in [2.05, 4.69) is 5.32 Å². The first kappa shape index (κ1) is 14.9. The number of carbonyl (C=O) groups is 2. The molecular weight excluding hydrogens is 239 g/mol. The molecular formula is C12H21FN2O3. The van der Waals surface area contributed by atoms with Gasteiger partial charge in [-0.05, 0) is 45.7 Å². The van der Waals surface area contributed by atoms with E-state index in [0.29, 0.717) is 38.8 Å². The molecule has 1 rings (SSSR count). The van der Waals surface area contributed by atoms with Gasteiger partial charge in [0.05, 0.1) is 0 Å². The molecule has 6 heteroatoms. The number of hydrogen-bond donors (Lipinski definition) is 2. The first-order chi connectivity index (χ1) is 8.44. The van der Waals surface area contributed by atoms with E-state index in [1.54, 1.807) is 6.92 Å². The second-order valence-electron chi connectivity index (χ2n) is 5.11. The second-order valence-corrected chi connectivity index (χ2v) is 5.11. The van der Waals surface area contributed by atoms with Crippen molar-refractivity contribution < 1.29 is 19.1 Å². The third-order valence-electron chi connectivity index (χ3n) is 3.26. The molecule has 1 unspecified atom stereocenters. The van der Waals surface area contributed by atoms with Crippen LogP contribution in [0, 0.1) is 0 Å². The summed E-state index contributed by atoms with van der Waals surface area (Å²) in [6, 6.07) is -0.843. The predicted molar refractivity (Wildman–Crippen MR) is 65.0 cm³/mol. The van der Waals surface area contributed by atoms with Gasteiger partial charge < -0.3 is 15.3 Å². The number of nitrogens with zero attached hydrogens (tertiary/aromatic N) is 1. The van der Waals surface area contributed by atoms with Gasteiger partial charge in [0.1, 0.15) is 11.7 Å². The minimum Gasteiger partial charge on any atom is -0.480 e. The fourth-order valence-corrected chi connectivity index (χ4v) is 2.37. The van der Waals surface area contributed by atoms with Crippen LogP contribution in [0.1, 0.15) is 32.6 Å². The number of alkyl halides is 1. The van der Waals surface area contributed by atoms with Crippen molar-refractivity contribution in [1.29, 1.82) is 0 Å². The van der Waals surface area contributed by atoms with Crippen molar-refractivity contribution in [2.75, 3.05) is 19.6 Å². The predicted octanol–water partition coefficient (Wildman–Crippen LogP) is 0.790. The van der Waals surface area contributed by atoms with Crippen molar-refractivity contribution >= 4 is 12.4 Å². The zero-order valence-electron chi connectivity index (χ0n) is 10.7. The number of carbonyl (C=O) groups excluding carboxylic acids is 1. The van der Waals surface area contributed by atoms with E-state index in [0.717, 1.165) is 13.0 Å². The lowest BCUT2D eigenvalue weighted by Gasteiger charge is -2.35. The highest BCUT2D eigenvalue weighted by Crippen LogP contribution is 2.24. The SMILES string of the molecule is C[C@]1(F)CCCN(CCCC(NC=O)C(=O)O)C1. The third-order valence-corrected chi connectivity index (χ3v) is 3.26. The van der Waals surface area contributed by atoms with Gasteiger partial charge in [0, 0.05) is 6.54 Å². The second kappa shape index (κ2) is 6.68. The van der Waals surface area contributed by atoms with E-state index < -0.39 is 17.7 Å². The van der Waals surface area contributed by atoms with Gasteiger partial charge in [-0.25, -0.2) is 9.18 Å². The number of rotatable bonds is 7. The lowest BCUT2D eigenvalue weighted by Crippen LogP contribution is -2.44. The van der Waals surface area contributed by atoms with Crippen LogP contribution >= 0.6 is 0 Å². The molecule has 18 heavy (non-hydrogen) atoms. The Bertz CT molecular complexity index is 297. The molecule has 0 saturated carbocycles. The Morgan fingerprint density at radius 3 is 2.94 bits per heavy atom. The maximum atomic E-state index is 13.8. The fraction of sp³-hybridized carbons (Fsp3) is 0.833. The Morgan fingerprint density at radius 2 is 2.39 bits per heavy atom. The number of piperidine rings is 1. The van der Waals surface area contributed by atoms with Crippen LogP contribution in [0.3, 0.4) is 0 Å². The Hall–Kier alpha value is -1.17. The van der Waals surface area contributed by atoms with Crippen molar-refractivity contribution in [2.45, 2.75) is 44.3 Å². The minimum atomic E-state index is -1.13. The van der Waals surface area contributed by atoms with Gasteiger partial charge in [-0.15, -0.1) is 0 Å². The van der Waals surface area contributed by atoms with Crippen LogP contribution in [0.15, 0.2) is 0 Å². The molecule has 0 bridgehead atoms. The van der Waals surface area contributed by atoms with Gasteiger partial charge in [-0.2, -0.15) is 0 Å². The molecule has 1 heterocycles. The Morgan fingerprint density at radius 1 is 1.67 bits per heavy atom. The monoisotopic (exact) mass is 260 g/mol. The Kier molecular flexibility index (Phi) is 5.53. The summed E-state index contributed by atoms with van der Waals surface area (Å²) in [5, 5.41) is 11.1. The Labute approximate surface area is 106 Å². The van der Waals surface area contributed by atoms with Crippen molar-refractivity contribution in [2.24, 2.45) is 0 Å². The third kappa shape index (κ3) is 5.00. The molecule has 1 aliphatic heterocycles. The van der Waals surface area contributed by atoms with Crippen molar-refractivity contribution in [1.82, 2.24) is 10.2 Å². The van der Waals surface area contributed by atoms with Gasteiger partial charge >= 0.3 is 5.97 Å². The number of amides is 1. The molecule has 5 nitrogen and oxygen atoms in total. The molecule has 1 aliphatic rings. The van der Waals surface area contributed by atoms with Gasteiger partial charge in [0.15, 0.2) is 0 Å². The van der Waals surface area contributed by atoms with Crippen molar-refractivity contribution in [3.05, 3.63) is 0 Å². The fourth-order valence-electron chi connectivity index (χ4n) is 2.37. The highest BCUT2D eigenvalue weighted by molar-refractivity contribution is 5.76. The summed E-state index contributed by atoms with van der Waals surface area (Å²) in [5.74, 6) is -1.03. The summed E-state index contributed by atoms with van der Waals surface area (Å²) in [6.45, 7) is 3.54. The molecule has 0 aliphatic carbocycles. The van der Waals surface area contributed by atoms with Crippen molar-refractivity contribution in [3.63, 3.8) is 0 Å². The molecule has 0 radical (unpaired) electrons. The van der Waals surface area contributed by atoms with Crippen LogP contribution in [0.5, 0.6) is 0 Å². The molecule has 0 spiro atoms.